The Hall–Kier alpha value is -1.02. The zero-order valence-corrected chi connectivity index (χ0v) is 12.0. The molecule has 0 aliphatic carbocycles. The Bertz CT molecular complexity index is 305. The van der Waals surface area contributed by atoms with E-state index in [4.69, 9.17) is 4.74 Å². The number of benzene rings is 1. The molecule has 0 atom stereocenters. The molecular formula is C16H27NO. The lowest BCUT2D eigenvalue weighted by Gasteiger charge is -2.09. The van der Waals surface area contributed by atoms with Crippen molar-refractivity contribution >= 4 is 0 Å². The maximum atomic E-state index is 5.71. The molecule has 0 aliphatic rings. The molecule has 0 amide bonds. The van der Waals surface area contributed by atoms with Gasteiger partial charge in [0.15, 0.2) is 0 Å². The molecule has 0 saturated heterocycles. The second-order valence-corrected chi connectivity index (χ2v) is 5.09. The highest BCUT2D eigenvalue weighted by molar-refractivity contribution is 5.27. The van der Waals surface area contributed by atoms with Crippen LogP contribution in [0, 0.1) is 0 Å². The Kier molecular flexibility index (Phi) is 7.51. The van der Waals surface area contributed by atoms with Gasteiger partial charge in [0.05, 0.1) is 6.61 Å². The van der Waals surface area contributed by atoms with Crippen LogP contribution in [-0.2, 0) is 6.54 Å². The lowest BCUT2D eigenvalue weighted by atomic mass is 10.2. The first-order valence-electron chi connectivity index (χ1n) is 7.17. The Morgan fingerprint density at radius 3 is 2.39 bits per heavy atom. The van der Waals surface area contributed by atoms with Gasteiger partial charge < -0.3 is 10.1 Å². The van der Waals surface area contributed by atoms with Crippen LogP contribution in [0.15, 0.2) is 24.3 Å². The van der Waals surface area contributed by atoms with E-state index >= 15 is 0 Å². The van der Waals surface area contributed by atoms with Gasteiger partial charge in [0.25, 0.3) is 0 Å². The minimum Gasteiger partial charge on any atom is -0.494 e. The molecular weight excluding hydrogens is 222 g/mol. The normalized spacial score (nSPS) is 10.9. The van der Waals surface area contributed by atoms with Gasteiger partial charge in [0.2, 0.25) is 0 Å². The second kappa shape index (κ2) is 8.98. The monoisotopic (exact) mass is 249 g/mol. The number of unbranched alkanes of at least 4 members (excludes halogenated alkanes) is 3. The predicted octanol–water partition coefficient (Wildman–Crippen LogP) is 4.14. The molecule has 1 aromatic rings. The van der Waals surface area contributed by atoms with E-state index < -0.39 is 0 Å². The molecule has 1 N–H and O–H groups in total. The first kappa shape index (κ1) is 15.0. The lowest BCUT2D eigenvalue weighted by molar-refractivity contribution is 0.305. The fourth-order valence-corrected chi connectivity index (χ4v) is 1.74. The van der Waals surface area contributed by atoms with Crippen molar-refractivity contribution in [2.75, 3.05) is 6.61 Å². The SMILES string of the molecule is CCCCCCOc1ccc(CNC(C)C)cc1. The quantitative estimate of drug-likeness (QED) is 0.664. The van der Waals surface area contributed by atoms with Crippen molar-refractivity contribution in [1.29, 1.82) is 0 Å². The Balaban J connectivity index is 2.23. The van der Waals surface area contributed by atoms with Crippen LogP contribution >= 0.6 is 0 Å². The van der Waals surface area contributed by atoms with Gasteiger partial charge in [-0.25, -0.2) is 0 Å². The van der Waals surface area contributed by atoms with E-state index in [0.29, 0.717) is 6.04 Å². The van der Waals surface area contributed by atoms with Gasteiger partial charge >= 0.3 is 0 Å². The fraction of sp³-hybridized carbons (Fsp3) is 0.625. The molecule has 0 aromatic heterocycles. The van der Waals surface area contributed by atoms with Crippen molar-refractivity contribution in [3.8, 4) is 5.75 Å². The molecule has 0 radical (unpaired) electrons. The smallest absolute Gasteiger partial charge is 0.119 e. The van der Waals surface area contributed by atoms with Crippen LogP contribution < -0.4 is 10.1 Å². The van der Waals surface area contributed by atoms with E-state index in [1.165, 1.54) is 24.8 Å². The van der Waals surface area contributed by atoms with E-state index in [1.54, 1.807) is 0 Å². The lowest BCUT2D eigenvalue weighted by Crippen LogP contribution is -2.21. The van der Waals surface area contributed by atoms with Gasteiger partial charge in [0.1, 0.15) is 5.75 Å². The van der Waals surface area contributed by atoms with E-state index in [1.807, 2.05) is 0 Å². The summed E-state index contributed by atoms with van der Waals surface area (Å²) in [6, 6.07) is 8.93. The van der Waals surface area contributed by atoms with Crippen molar-refractivity contribution in [1.82, 2.24) is 5.32 Å². The summed E-state index contributed by atoms with van der Waals surface area (Å²) in [5, 5.41) is 3.41. The molecule has 1 aromatic carbocycles. The molecule has 0 unspecified atom stereocenters. The van der Waals surface area contributed by atoms with E-state index in [9.17, 15) is 0 Å². The van der Waals surface area contributed by atoms with Gasteiger partial charge in [-0.3, -0.25) is 0 Å². The number of hydrogen-bond acceptors (Lipinski definition) is 2. The summed E-state index contributed by atoms with van der Waals surface area (Å²) in [6.07, 6.45) is 5.01. The van der Waals surface area contributed by atoms with Gasteiger partial charge in [-0.05, 0) is 24.1 Å². The minimum atomic E-state index is 0.527. The maximum Gasteiger partial charge on any atom is 0.119 e. The van der Waals surface area contributed by atoms with Crippen molar-refractivity contribution in [2.45, 2.75) is 59.0 Å². The highest BCUT2D eigenvalue weighted by atomic mass is 16.5. The third-order valence-electron chi connectivity index (χ3n) is 2.90. The molecule has 2 nitrogen and oxygen atoms in total. The van der Waals surface area contributed by atoms with Crippen molar-refractivity contribution < 1.29 is 4.74 Å². The van der Waals surface area contributed by atoms with Crippen LogP contribution in [0.1, 0.15) is 52.0 Å². The van der Waals surface area contributed by atoms with Gasteiger partial charge in [-0.1, -0.05) is 52.2 Å². The van der Waals surface area contributed by atoms with Crippen LogP contribution in [0.2, 0.25) is 0 Å². The Morgan fingerprint density at radius 2 is 1.78 bits per heavy atom. The summed E-state index contributed by atoms with van der Waals surface area (Å²) in [5.41, 5.74) is 1.31. The molecule has 2 heteroatoms. The number of hydrogen-bond donors (Lipinski definition) is 1. The van der Waals surface area contributed by atoms with E-state index in [0.717, 1.165) is 25.3 Å². The molecule has 0 aliphatic heterocycles. The Labute approximate surface area is 112 Å². The van der Waals surface area contributed by atoms with Crippen LogP contribution in [0.3, 0.4) is 0 Å². The summed E-state index contributed by atoms with van der Waals surface area (Å²) in [5.74, 6) is 0.986. The van der Waals surface area contributed by atoms with Crippen molar-refractivity contribution in [3.63, 3.8) is 0 Å². The number of rotatable bonds is 9. The van der Waals surface area contributed by atoms with Crippen LogP contribution in [0.4, 0.5) is 0 Å². The van der Waals surface area contributed by atoms with Crippen LogP contribution in [0.25, 0.3) is 0 Å². The molecule has 0 saturated carbocycles. The molecule has 0 fully saturated rings. The number of ether oxygens (including phenoxy) is 1. The van der Waals surface area contributed by atoms with Crippen LogP contribution in [0.5, 0.6) is 5.75 Å². The second-order valence-electron chi connectivity index (χ2n) is 5.09. The fourth-order valence-electron chi connectivity index (χ4n) is 1.74. The first-order valence-corrected chi connectivity index (χ1v) is 7.17. The molecule has 0 heterocycles. The maximum absolute atomic E-state index is 5.71. The van der Waals surface area contributed by atoms with Crippen molar-refractivity contribution in [2.24, 2.45) is 0 Å². The highest BCUT2D eigenvalue weighted by Crippen LogP contribution is 2.13. The standard InChI is InChI=1S/C16H27NO/c1-4-5-6-7-12-18-16-10-8-15(9-11-16)13-17-14(2)3/h8-11,14,17H,4-7,12-13H2,1-3H3. The van der Waals surface area contributed by atoms with E-state index in [2.05, 4.69) is 50.4 Å². The largest absolute Gasteiger partial charge is 0.494 e. The zero-order valence-electron chi connectivity index (χ0n) is 12.0. The molecule has 102 valence electrons. The molecule has 18 heavy (non-hydrogen) atoms. The van der Waals surface area contributed by atoms with Crippen molar-refractivity contribution in [3.05, 3.63) is 29.8 Å². The molecule has 1 rings (SSSR count). The molecule has 0 bridgehead atoms. The van der Waals surface area contributed by atoms with Gasteiger partial charge in [-0.2, -0.15) is 0 Å². The van der Waals surface area contributed by atoms with Gasteiger partial charge in [-0.15, -0.1) is 0 Å². The summed E-state index contributed by atoms with van der Waals surface area (Å²) in [4.78, 5) is 0. The average molecular weight is 249 g/mol. The van der Waals surface area contributed by atoms with Gasteiger partial charge in [0, 0.05) is 12.6 Å². The zero-order chi connectivity index (χ0) is 13.2. The summed E-state index contributed by atoms with van der Waals surface area (Å²) in [6.45, 7) is 8.31. The summed E-state index contributed by atoms with van der Waals surface area (Å²) < 4.78 is 5.71. The minimum absolute atomic E-state index is 0.527. The topological polar surface area (TPSA) is 21.3 Å². The van der Waals surface area contributed by atoms with Crippen LogP contribution in [-0.4, -0.2) is 12.6 Å². The highest BCUT2D eigenvalue weighted by Gasteiger charge is 1.97. The summed E-state index contributed by atoms with van der Waals surface area (Å²) in [7, 11) is 0. The summed E-state index contributed by atoms with van der Waals surface area (Å²) >= 11 is 0. The Morgan fingerprint density at radius 1 is 1.06 bits per heavy atom. The first-order chi connectivity index (χ1) is 8.72. The third-order valence-corrected chi connectivity index (χ3v) is 2.90. The number of nitrogens with one attached hydrogen (secondary N) is 1. The third kappa shape index (κ3) is 6.65. The predicted molar refractivity (Wildman–Crippen MR) is 78.1 cm³/mol. The average Bonchev–Trinajstić information content (AvgIpc) is 2.37. The molecule has 0 spiro atoms. The van der Waals surface area contributed by atoms with E-state index in [-0.39, 0.29) is 0 Å².